The Bertz CT molecular complexity index is 1220. The summed E-state index contributed by atoms with van der Waals surface area (Å²) in [5.74, 6) is -2.14. The van der Waals surface area contributed by atoms with E-state index in [-0.39, 0.29) is 28.4 Å². The fraction of sp³-hybridized carbons (Fsp3) is 0.160. The number of ether oxygens (including phenoxy) is 1. The SMILES string of the molecule is CC(=O)NC(Cc1ccccc1)C(=O)Oc1ccc(Cl)cc1C(=O)Nc1ccc(C(F)(F)F)cc1. The molecule has 3 rings (SSSR count). The number of rotatable bonds is 7. The molecule has 0 aliphatic carbocycles. The summed E-state index contributed by atoms with van der Waals surface area (Å²) in [7, 11) is 0. The highest BCUT2D eigenvalue weighted by Gasteiger charge is 2.30. The van der Waals surface area contributed by atoms with E-state index in [4.69, 9.17) is 16.3 Å². The van der Waals surface area contributed by atoms with Crippen LogP contribution in [-0.2, 0) is 22.2 Å². The van der Waals surface area contributed by atoms with Crippen LogP contribution in [0.3, 0.4) is 0 Å². The van der Waals surface area contributed by atoms with Crippen molar-refractivity contribution < 1.29 is 32.3 Å². The summed E-state index contributed by atoms with van der Waals surface area (Å²) in [5.41, 5.74) is -0.109. The van der Waals surface area contributed by atoms with E-state index < -0.39 is 35.6 Å². The molecule has 0 bridgehead atoms. The fourth-order valence-electron chi connectivity index (χ4n) is 3.18. The van der Waals surface area contributed by atoms with Gasteiger partial charge in [0, 0.05) is 24.1 Å². The van der Waals surface area contributed by atoms with E-state index in [1.165, 1.54) is 25.1 Å². The molecule has 1 unspecified atom stereocenters. The molecule has 35 heavy (non-hydrogen) atoms. The predicted molar refractivity (Wildman–Crippen MR) is 124 cm³/mol. The lowest BCUT2D eigenvalue weighted by Crippen LogP contribution is -2.43. The standard InChI is InChI=1S/C25H20ClF3N2O4/c1-15(32)30-21(13-16-5-3-2-4-6-16)24(34)35-22-12-9-18(26)14-20(22)23(33)31-19-10-7-17(8-11-19)25(27,28)29/h2-12,14,21H,13H2,1H3,(H,30,32)(H,31,33). The number of amides is 2. The normalized spacial score (nSPS) is 11.9. The lowest BCUT2D eigenvalue weighted by molar-refractivity contribution is -0.139. The molecule has 3 aromatic carbocycles. The molecule has 2 amide bonds. The average molecular weight is 505 g/mol. The molecule has 0 spiro atoms. The summed E-state index contributed by atoms with van der Waals surface area (Å²) in [4.78, 5) is 37.4. The largest absolute Gasteiger partial charge is 0.424 e. The van der Waals surface area contributed by atoms with Crippen LogP contribution < -0.4 is 15.4 Å². The number of hydrogen-bond acceptors (Lipinski definition) is 4. The number of halogens is 4. The fourth-order valence-corrected chi connectivity index (χ4v) is 3.35. The van der Waals surface area contributed by atoms with Gasteiger partial charge in [0.05, 0.1) is 11.1 Å². The Morgan fingerprint density at radius 2 is 1.63 bits per heavy atom. The van der Waals surface area contributed by atoms with Crippen molar-refractivity contribution in [1.29, 1.82) is 0 Å². The van der Waals surface area contributed by atoms with Crippen molar-refractivity contribution in [3.63, 3.8) is 0 Å². The Morgan fingerprint density at radius 3 is 2.23 bits per heavy atom. The number of nitrogens with one attached hydrogen (secondary N) is 2. The third kappa shape index (κ3) is 7.31. The maximum absolute atomic E-state index is 12.9. The van der Waals surface area contributed by atoms with E-state index >= 15 is 0 Å². The molecule has 0 fully saturated rings. The number of anilines is 1. The number of carbonyl (C=O) groups excluding carboxylic acids is 3. The van der Waals surface area contributed by atoms with Gasteiger partial charge >= 0.3 is 12.1 Å². The Hall–Kier alpha value is -3.85. The van der Waals surface area contributed by atoms with Crippen molar-refractivity contribution in [3.05, 3.63) is 94.5 Å². The van der Waals surface area contributed by atoms with Crippen molar-refractivity contribution in [2.45, 2.75) is 25.6 Å². The molecule has 0 heterocycles. The van der Waals surface area contributed by atoms with Gasteiger partial charge in [-0.15, -0.1) is 0 Å². The zero-order valence-electron chi connectivity index (χ0n) is 18.4. The molecule has 0 radical (unpaired) electrons. The highest BCUT2D eigenvalue weighted by molar-refractivity contribution is 6.31. The second kappa shape index (κ2) is 11.1. The van der Waals surface area contributed by atoms with Crippen LogP contribution in [0.1, 0.15) is 28.4 Å². The quantitative estimate of drug-likeness (QED) is 0.339. The molecule has 10 heteroatoms. The summed E-state index contributed by atoms with van der Waals surface area (Å²) < 4.78 is 43.7. The molecule has 0 saturated heterocycles. The van der Waals surface area contributed by atoms with Gasteiger partial charge in [-0.05, 0) is 48.0 Å². The molecule has 1 atom stereocenters. The maximum atomic E-state index is 12.9. The Morgan fingerprint density at radius 1 is 0.971 bits per heavy atom. The predicted octanol–water partition coefficient (Wildman–Crippen LogP) is 5.26. The highest BCUT2D eigenvalue weighted by atomic mass is 35.5. The van der Waals surface area contributed by atoms with Crippen molar-refractivity contribution >= 4 is 35.1 Å². The lowest BCUT2D eigenvalue weighted by atomic mass is 10.1. The summed E-state index contributed by atoms with van der Waals surface area (Å²) in [6.45, 7) is 1.26. The first-order valence-electron chi connectivity index (χ1n) is 10.3. The molecule has 6 nitrogen and oxygen atoms in total. The van der Waals surface area contributed by atoms with E-state index in [9.17, 15) is 27.6 Å². The van der Waals surface area contributed by atoms with Crippen molar-refractivity contribution in [2.75, 3.05) is 5.32 Å². The first kappa shape index (κ1) is 25.8. The van der Waals surface area contributed by atoms with E-state index in [1.54, 1.807) is 24.3 Å². The second-order valence-corrected chi connectivity index (χ2v) is 7.97. The molecular weight excluding hydrogens is 485 g/mol. The number of hydrogen-bond donors (Lipinski definition) is 2. The minimum absolute atomic E-state index is 0.0976. The van der Waals surface area contributed by atoms with Crippen LogP contribution in [0, 0.1) is 0 Å². The maximum Gasteiger partial charge on any atom is 0.416 e. The summed E-state index contributed by atoms with van der Waals surface area (Å²) in [5, 5.41) is 5.16. The highest BCUT2D eigenvalue weighted by Crippen LogP contribution is 2.30. The van der Waals surface area contributed by atoms with Crippen LogP contribution in [0.4, 0.5) is 18.9 Å². The first-order chi connectivity index (χ1) is 16.5. The molecule has 0 aromatic heterocycles. The minimum atomic E-state index is -4.51. The summed E-state index contributed by atoms with van der Waals surface area (Å²) >= 11 is 6.01. The van der Waals surface area contributed by atoms with Crippen LogP contribution in [0.2, 0.25) is 5.02 Å². The van der Waals surface area contributed by atoms with E-state index in [2.05, 4.69) is 10.6 Å². The topological polar surface area (TPSA) is 84.5 Å². The second-order valence-electron chi connectivity index (χ2n) is 7.53. The molecule has 0 aliphatic rings. The number of carbonyl (C=O) groups is 3. The van der Waals surface area contributed by atoms with Crippen molar-refractivity contribution in [2.24, 2.45) is 0 Å². The molecule has 0 saturated carbocycles. The number of esters is 1. The van der Waals surface area contributed by atoms with Gasteiger partial charge in [0.1, 0.15) is 11.8 Å². The van der Waals surface area contributed by atoms with Gasteiger partial charge in [0.25, 0.3) is 5.91 Å². The molecule has 2 N–H and O–H groups in total. The third-order valence-electron chi connectivity index (χ3n) is 4.81. The first-order valence-corrected chi connectivity index (χ1v) is 10.7. The van der Waals surface area contributed by atoms with Gasteiger partial charge in [0.15, 0.2) is 0 Å². The Balaban J connectivity index is 1.80. The van der Waals surface area contributed by atoms with Gasteiger partial charge in [-0.3, -0.25) is 9.59 Å². The number of benzene rings is 3. The van der Waals surface area contributed by atoms with E-state index in [0.29, 0.717) is 0 Å². The smallest absolute Gasteiger partial charge is 0.416 e. The van der Waals surface area contributed by atoms with Crippen LogP contribution in [0.25, 0.3) is 0 Å². The molecular formula is C25H20ClF3N2O4. The van der Waals surface area contributed by atoms with Gasteiger partial charge in [-0.2, -0.15) is 13.2 Å². The van der Waals surface area contributed by atoms with Gasteiger partial charge < -0.3 is 15.4 Å². The summed E-state index contributed by atoms with van der Waals surface area (Å²) in [6, 6.07) is 15.8. The Labute approximate surface area is 204 Å². The van der Waals surface area contributed by atoms with Crippen LogP contribution in [0.15, 0.2) is 72.8 Å². The summed E-state index contributed by atoms with van der Waals surface area (Å²) in [6.07, 6.45) is -4.36. The van der Waals surface area contributed by atoms with E-state index in [0.717, 1.165) is 29.8 Å². The zero-order valence-corrected chi connectivity index (χ0v) is 19.1. The monoisotopic (exact) mass is 504 g/mol. The van der Waals surface area contributed by atoms with Gasteiger partial charge in [-0.1, -0.05) is 41.9 Å². The third-order valence-corrected chi connectivity index (χ3v) is 5.05. The van der Waals surface area contributed by atoms with Crippen LogP contribution >= 0.6 is 11.6 Å². The van der Waals surface area contributed by atoms with Gasteiger partial charge in [-0.25, -0.2) is 4.79 Å². The molecule has 182 valence electrons. The van der Waals surface area contributed by atoms with Crippen molar-refractivity contribution in [3.8, 4) is 5.75 Å². The van der Waals surface area contributed by atoms with E-state index in [1.807, 2.05) is 6.07 Å². The van der Waals surface area contributed by atoms with Gasteiger partial charge in [0.2, 0.25) is 5.91 Å². The van der Waals surface area contributed by atoms with Crippen molar-refractivity contribution in [1.82, 2.24) is 5.32 Å². The molecule has 3 aromatic rings. The number of alkyl halides is 3. The Kier molecular flexibility index (Phi) is 8.14. The lowest BCUT2D eigenvalue weighted by Gasteiger charge is -2.18. The average Bonchev–Trinajstić information content (AvgIpc) is 2.80. The molecule has 0 aliphatic heterocycles. The minimum Gasteiger partial charge on any atom is -0.424 e. The van der Waals surface area contributed by atoms with Crippen LogP contribution in [0.5, 0.6) is 5.75 Å². The van der Waals surface area contributed by atoms with Crippen LogP contribution in [-0.4, -0.2) is 23.8 Å². The zero-order chi connectivity index (χ0) is 25.6.